The van der Waals surface area contributed by atoms with E-state index in [4.69, 9.17) is 17.2 Å². The molecule has 0 aliphatic heterocycles. The smallest absolute Gasteiger partial charge is 0.326 e. The Morgan fingerprint density at radius 1 is 0.871 bits per heavy atom. The second-order valence-electron chi connectivity index (χ2n) is 6.78. The van der Waals surface area contributed by atoms with Gasteiger partial charge in [0.15, 0.2) is 0 Å². The quantitative estimate of drug-likeness (QED) is 0.0801. The highest BCUT2D eigenvalue weighted by Crippen LogP contribution is 2.04. The van der Waals surface area contributed by atoms with Crippen molar-refractivity contribution in [1.82, 2.24) is 16.0 Å². The van der Waals surface area contributed by atoms with Crippen molar-refractivity contribution < 1.29 is 34.2 Å². The van der Waals surface area contributed by atoms with Crippen molar-refractivity contribution in [2.45, 2.75) is 56.3 Å². The van der Waals surface area contributed by atoms with Gasteiger partial charge in [-0.15, -0.1) is 0 Å². The van der Waals surface area contributed by atoms with Gasteiger partial charge < -0.3 is 43.4 Å². The van der Waals surface area contributed by atoms with Gasteiger partial charge in [0.1, 0.15) is 18.1 Å². The zero-order chi connectivity index (χ0) is 24.0. The number of aliphatic hydroxyl groups is 1. The van der Waals surface area contributed by atoms with Gasteiger partial charge in [0.05, 0.1) is 12.6 Å². The molecule has 0 saturated heterocycles. The highest BCUT2D eigenvalue weighted by atomic mass is 32.1. The van der Waals surface area contributed by atoms with Gasteiger partial charge in [-0.1, -0.05) is 0 Å². The number of unbranched alkanes of at least 4 members (excludes halogenated alkanes) is 1. The summed E-state index contributed by atoms with van der Waals surface area (Å²) in [5, 5.41) is 25.5. The summed E-state index contributed by atoms with van der Waals surface area (Å²) < 4.78 is 0. The minimum absolute atomic E-state index is 0.00399. The molecular weight excluding hydrogens is 432 g/mol. The Labute approximate surface area is 185 Å². The van der Waals surface area contributed by atoms with Crippen LogP contribution in [0.2, 0.25) is 0 Å². The number of nitrogens with two attached hydrogens (primary N) is 3. The minimum atomic E-state index is -1.43. The number of aliphatic hydroxyl groups excluding tert-OH is 1. The first kappa shape index (κ1) is 28.6. The lowest BCUT2D eigenvalue weighted by Crippen LogP contribution is -2.58. The highest BCUT2D eigenvalue weighted by molar-refractivity contribution is 7.80. The zero-order valence-electron chi connectivity index (χ0n) is 17.1. The molecule has 0 aromatic heterocycles. The van der Waals surface area contributed by atoms with Gasteiger partial charge in [0.2, 0.25) is 23.6 Å². The molecule has 0 saturated carbocycles. The van der Waals surface area contributed by atoms with E-state index in [9.17, 15) is 34.2 Å². The third-order valence-corrected chi connectivity index (χ3v) is 4.62. The molecule has 31 heavy (non-hydrogen) atoms. The van der Waals surface area contributed by atoms with Crippen molar-refractivity contribution in [3.05, 3.63) is 0 Å². The second kappa shape index (κ2) is 15.4. The lowest BCUT2D eigenvalue weighted by Gasteiger charge is -2.24. The Hall–Kier alpha value is -2.42. The molecule has 4 atom stereocenters. The van der Waals surface area contributed by atoms with Crippen molar-refractivity contribution >= 4 is 42.2 Å². The maximum Gasteiger partial charge on any atom is 0.326 e. The molecule has 0 bridgehead atoms. The summed E-state index contributed by atoms with van der Waals surface area (Å²) in [6.07, 6.45) is 0.643. The number of thiol groups is 1. The molecule has 0 heterocycles. The number of amides is 4. The molecule has 0 aliphatic carbocycles. The number of carbonyl (C=O) groups is 5. The molecule has 0 radical (unpaired) electrons. The van der Waals surface area contributed by atoms with Crippen molar-refractivity contribution in [2.75, 3.05) is 18.9 Å². The first-order chi connectivity index (χ1) is 14.6. The van der Waals surface area contributed by atoms with Crippen LogP contribution in [-0.2, 0) is 24.0 Å². The van der Waals surface area contributed by atoms with Crippen LogP contribution in [0.1, 0.15) is 32.1 Å². The van der Waals surface area contributed by atoms with Gasteiger partial charge in [0.25, 0.3) is 0 Å². The summed E-state index contributed by atoms with van der Waals surface area (Å²) in [6, 6.07) is -5.01. The van der Waals surface area contributed by atoms with Gasteiger partial charge in [-0.25, -0.2) is 4.79 Å². The number of carbonyl (C=O) groups excluding carboxylic acids is 4. The number of carboxylic acids is 1. The van der Waals surface area contributed by atoms with E-state index in [1.54, 1.807) is 0 Å². The summed E-state index contributed by atoms with van der Waals surface area (Å²) in [5.41, 5.74) is 16.0. The van der Waals surface area contributed by atoms with Gasteiger partial charge >= 0.3 is 5.97 Å². The SMILES string of the molecule is NCCCCC(NC(=O)C(CCC(N)=O)NC(=O)C(CO)NC(=O)C(N)CS)C(=O)O. The van der Waals surface area contributed by atoms with Crippen LogP contribution in [0.25, 0.3) is 0 Å². The normalized spacial score (nSPS) is 14.6. The zero-order valence-corrected chi connectivity index (χ0v) is 18.0. The van der Waals surface area contributed by atoms with Crippen molar-refractivity contribution in [3.8, 4) is 0 Å². The monoisotopic (exact) mass is 464 g/mol. The summed E-state index contributed by atoms with van der Waals surface area (Å²) >= 11 is 3.87. The summed E-state index contributed by atoms with van der Waals surface area (Å²) in [7, 11) is 0. The first-order valence-corrected chi connectivity index (χ1v) is 10.3. The Kier molecular flexibility index (Phi) is 14.2. The van der Waals surface area contributed by atoms with Crippen LogP contribution in [0.15, 0.2) is 0 Å². The molecule has 13 nitrogen and oxygen atoms in total. The van der Waals surface area contributed by atoms with Crippen LogP contribution in [0.3, 0.4) is 0 Å². The molecule has 0 aromatic carbocycles. The Balaban J connectivity index is 5.26. The molecule has 14 heteroatoms. The maximum atomic E-state index is 12.6. The van der Waals surface area contributed by atoms with E-state index in [0.717, 1.165) is 0 Å². The number of hydrogen-bond donors (Lipinski definition) is 9. The third-order valence-electron chi connectivity index (χ3n) is 4.22. The second-order valence-corrected chi connectivity index (χ2v) is 7.15. The summed E-state index contributed by atoms with van der Waals surface area (Å²) in [4.78, 5) is 59.4. The predicted octanol–water partition coefficient (Wildman–Crippen LogP) is -3.83. The average molecular weight is 465 g/mol. The standard InChI is InChI=1S/C17H32N6O7S/c18-6-2-1-3-11(17(29)30)22-15(27)10(4-5-13(20)25)21-16(28)12(7-24)23-14(26)9(19)8-31/h9-12,24,31H,1-8,18-19H2,(H2,20,25)(H,21,28)(H,22,27)(H,23,26)(H,29,30). The van der Waals surface area contributed by atoms with Gasteiger partial charge in [-0.3, -0.25) is 19.2 Å². The molecule has 0 aliphatic rings. The number of hydrogen-bond acceptors (Lipinski definition) is 9. The lowest BCUT2D eigenvalue weighted by atomic mass is 10.1. The molecule has 0 spiro atoms. The van der Waals surface area contributed by atoms with E-state index in [1.165, 1.54) is 0 Å². The van der Waals surface area contributed by atoms with Gasteiger partial charge in [-0.2, -0.15) is 12.6 Å². The van der Waals surface area contributed by atoms with Gasteiger partial charge in [-0.05, 0) is 32.2 Å². The van der Waals surface area contributed by atoms with Crippen LogP contribution in [-0.4, -0.2) is 82.9 Å². The number of aliphatic carboxylic acids is 1. The summed E-state index contributed by atoms with van der Waals surface area (Å²) in [5.74, 6) is -4.54. The van der Waals surface area contributed by atoms with Crippen LogP contribution in [0.4, 0.5) is 0 Å². The summed E-state index contributed by atoms with van der Waals surface area (Å²) in [6.45, 7) is -0.430. The minimum Gasteiger partial charge on any atom is -0.480 e. The molecule has 0 fully saturated rings. The molecular formula is C17H32N6O7S. The Morgan fingerprint density at radius 3 is 1.90 bits per heavy atom. The third kappa shape index (κ3) is 11.5. The van der Waals surface area contributed by atoms with E-state index in [2.05, 4.69) is 28.6 Å². The average Bonchev–Trinajstić information content (AvgIpc) is 2.72. The van der Waals surface area contributed by atoms with Crippen LogP contribution in [0.5, 0.6) is 0 Å². The molecule has 4 amide bonds. The fraction of sp³-hybridized carbons (Fsp3) is 0.706. The van der Waals surface area contributed by atoms with E-state index >= 15 is 0 Å². The lowest BCUT2D eigenvalue weighted by molar-refractivity contribution is -0.142. The van der Waals surface area contributed by atoms with Crippen LogP contribution < -0.4 is 33.2 Å². The van der Waals surface area contributed by atoms with E-state index in [1.807, 2.05) is 0 Å². The van der Waals surface area contributed by atoms with Gasteiger partial charge in [0, 0.05) is 12.2 Å². The number of carboxylic acid groups (broad SMARTS) is 1. The van der Waals surface area contributed by atoms with Crippen LogP contribution >= 0.6 is 12.6 Å². The first-order valence-electron chi connectivity index (χ1n) is 9.66. The number of nitrogens with one attached hydrogen (secondary N) is 3. The maximum absolute atomic E-state index is 12.6. The Bertz CT molecular complexity index is 636. The van der Waals surface area contributed by atoms with Crippen molar-refractivity contribution in [3.63, 3.8) is 0 Å². The van der Waals surface area contributed by atoms with E-state index in [0.29, 0.717) is 19.4 Å². The molecule has 0 aromatic rings. The molecule has 4 unspecified atom stereocenters. The van der Waals surface area contributed by atoms with Crippen molar-refractivity contribution in [1.29, 1.82) is 0 Å². The number of primary amides is 1. The van der Waals surface area contributed by atoms with E-state index < -0.39 is 60.4 Å². The van der Waals surface area contributed by atoms with Crippen molar-refractivity contribution in [2.24, 2.45) is 17.2 Å². The molecule has 0 rings (SSSR count). The fourth-order valence-corrected chi connectivity index (χ4v) is 2.57. The van der Waals surface area contributed by atoms with Crippen LogP contribution in [0, 0.1) is 0 Å². The fourth-order valence-electron chi connectivity index (χ4n) is 2.41. The molecule has 11 N–H and O–H groups in total. The number of rotatable bonds is 16. The van der Waals surface area contributed by atoms with E-state index in [-0.39, 0.29) is 25.0 Å². The Morgan fingerprint density at radius 2 is 1.42 bits per heavy atom. The molecule has 178 valence electrons. The predicted molar refractivity (Wildman–Crippen MR) is 114 cm³/mol. The largest absolute Gasteiger partial charge is 0.480 e. The topological polar surface area (TPSA) is 240 Å². The highest BCUT2D eigenvalue weighted by Gasteiger charge is 2.30.